The van der Waals surface area contributed by atoms with Gasteiger partial charge in [-0.2, -0.15) is 4.31 Å². The van der Waals surface area contributed by atoms with E-state index < -0.39 is 21.5 Å². The summed E-state index contributed by atoms with van der Waals surface area (Å²) in [4.78, 5) is 27.9. The molecule has 0 aromatic heterocycles. The molecule has 0 bridgehead atoms. The maximum Gasteiger partial charge on any atom is 0.246 e. The monoisotopic (exact) mass is 637 g/mol. The molecule has 0 aliphatic carbocycles. The second-order valence-corrected chi connectivity index (χ2v) is 15.6. The van der Waals surface area contributed by atoms with Gasteiger partial charge in [-0.1, -0.05) is 69.3 Å². The third kappa shape index (κ3) is 7.45. The summed E-state index contributed by atoms with van der Waals surface area (Å²) in [6.07, 6.45) is 7.20. The standard InChI is InChI=1S/C35H47N3O6S/c1-34(2,3)27-13-14-30(43-4)31(23-27)45(41,42)38-19-15-28-26(24-38)12-8-9-16-35(17-20-44-21-18-35)33(40)37-29(32(39)36-28)22-25-10-6-5-7-11-25/h5-11,13-14,23,26,28-29H,12,15-22,24H2,1-4H3,(H,36,39)(H,37,40)/b9-8+/t26-,28+,29-/m1/s1. The number of methoxy groups -OCH3 is 1. The average molecular weight is 638 g/mol. The summed E-state index contributed by atoms with van der Waals surface area (Å²) in [5, 5.41) is 6.34. The molecule has 3 heterocycles. The molecule has 9 nitrogen and oxygen atoms in total. The van der Waals surface area contributed by atoms with E-state index in [-0.39, 0.29) is 47.2 Å². The van der Waals surface area contributed by atoms with Gasteiger partial charge >= 0.3 is 0 Å². The fraction of sp³-hybridized carbons (Fsp3) is 0.543. The van der Waals surface area contributed by atoms with Gasteiger partial charge in [-0.25, -0.2) is 8.42 Å². The molecule has 2 amide bonds. The Labute approximate surface area is 267 Å². The number of piperidine rings is 1. The second kappa shape index (κ2) is 13.6. The quantitative estimate of drug-likeness (QED) is 0.471. The predicted molar refractivity (Wildman–Crippen MR) is 173 cm³/mol. The number of nitrogens with one attached hydrogen (secondary N) is 2. The first-order chi connectivity index (χ1) is 21.4. The van der Waals surface area contributed by atoms with Crippen LogP contribution in [0.4, 0.5) is 0 Å². The number of ether oxygens (including phenoxy) is 2. The van der Waals surface area contributed by atoms with Crippen LogP contribution in [0.1, 0.15) is 64.0 Å². The molecule has 5 rings (SSSR count). The second-order valence-electron chi connectivity index (χ2n) is 13.7. The van der Waals surface area contributed by atoms with Crippen LogP contribution < -0.4 is 15.4 Å². The summed E-state index contributed by atoms with van der Waals surface area (Å²) in [5.74, 6) is -0.192. The zero-order valence-corrected chi connectivity index (χ0v) is 27.7. The Morgan fingerprint density at radius 2 is 1.76 bits per heavy atom. The SMILES string of the molecule is COc1ccc(C(C)(C)C)cc1S(=O)(=O)N1CC[C@@H]2NC(=O)[C@@H](Cc3ccccc3)NC(=O)C3(C/C=C/C[C@@H]2C1)CCOCC3. The van der Waals surface area contributed by atoms with Crippen LogP contribution in [0.15, 0.2) is 65.6 Å². The number of benzene rings is 2. The Kier molecular flexibility index (Phi) is 10.1. The first-order valence-electron chi connectivity index (χ1n) is 16.0. The van der Waals surface area contributed by atoms with Gasteiger partial charge in [0.2, 0.25) is 21.8 Å². The molecule has 0 saturated carbocycles. The van der Waals surface area contributed by atoms with E-state index in [2.05, 4.69) is 37.5 Å². The van der Waals surface area contributed by atoms with Gasteiger partial charge in [-0.3, -0.25) is 9.59 Å². The number of allylic oxidation sites excluding steroid dienone is 2. The van der Waals surface area contributed by atoms with Gasteiger partial charge in [0.15, 0.2) is 0 Å². The average Bonchev–Trinajstić information content (AvgIpc) is 3.03. The van der Waals surface area contributed by atoms with Gasteiger partial charge in [-0.05, 0) is 66.7 Å². The molecule has 45 heavy (non-hydrogen) atoms. The van der Waals surface area contributed by atoms with Crippen LogP contribution >= 0.6 is 0 Å². The van der Waals surface area contributed by atoms with E-state index in [0.717, 1.165) is 11.1 Å². The van der Waals surface area contributed by atoms with Crippen molar-refractivity contribution in [2.24, 2.45) is 11.3 Å². The molecule has 10 heteroatoms. The van der Waals surface area contributed by atoms with E-state index in [1.54, 1.807) is 12.1 Å². The minimum Gasteiger partial charge on any atom is -0.495 e. The number of hydrogen-bond donors (Lipinski definition) is 2. The van der Waals surface area contributed by atoms with Crippen molar-refractivity contribution in [2.75, 3.05) is 33.4 Å². The Morgan fingerprint density at radius 3 is 2.44 bits per heavy atom. The van der Waals surface area contributed by atoms with Gasteiger partial charge in [0.25, 0.3) is 0 Å². The van der Waals surface area contributed by atoms with Crippen LogP contribution in [0.25, 0.3) is 0 Å². The highest BCUT2D eigenvalue weighted by Gasteiger charge is 2.42. The number of carbonyl (C=O) groups is 2. The first kappa shape index (κ1) is 33.2. The van der Waals surface area contributed by atoms with Crippen molar-refractivity contribution in [3.8, 4) is 5.75 Å². The highest BCUT2D eigenvalue weighted by atomic mass is 32.2. The summed E-state index contributed by atoms with van der Waals surface area (Å²) in [6, 6.07) is 14.1. The molecule has 2 aromatic rings. The summed E-state index contributed by atoms with van der Waals surface area (Å²) in [7, 11) is -2.40. The molecule has 3 aliphatic heterocycles. The highest BCUT2D eigenvalue weighted by Crippen LogP contribution is 2.37. The zero-order valence-electron chi connectivity index (χ0n) is 26.9. The summed E-state index contributed by atoms with van der Waals surface area (Å²) < 4.78 is 40.9. The first-order valence-corrected chi connectivity index (χ1v) is 17.4. The van der Waals surface area contributed by atoms with Crippen molar-refractivity contribution >= 4 is 21.8 Å². The normalized spacial score (nSPS) is 25.6. The lowest BCUT2D eigenvalue weighted by molar-refractivity contribution is -0.140. The summed E-state index contributed by atoms with van der Waals surface area (Å²) in [6.45, 7) is 7.66. The molecule has 0 unspecified atom stereocenters. The molecule has 1 spiro atoms. The van der Waals surface area contributed by atoms with Crippen LogP contribution in [0.2, 0.25) is 0 Å². The van der Waals surface area contributed by atoms with Crippen molar-refractivity contribution in [3.05, 3.63) is 71.8 Å². The fourth-order valence-corrected chi connectivity index (χ4v) is 8.34. The molecular formula is C35H47N3O6S. The molecule has 2 saturated heterocycles. The van der Waals surface area contributed by atoms with Crippen molar-refractivity contribution in [3.63, 3.8) is 0 Å². The van der Waals surface area contributed by atoms with Crippen molar-refractivity contribution in [2.45, 2.75) is 81.7 Å². The maximum absolute atomic E-state index is 14.1. The van der Waals surface area contributed by atoms with Crippen LogP contribution in [0.5, 0.6) is 5.75 Å². The molecule has 2 N–H and O–H groups in total. The lowest BCUT2D eigenvalue weighted by Gasteiger charge is -2.40. The van der Waals surface area contributed by atoms with E-state index >= 15 is 0 Å². The van der Waals surface area contributed by atoms with Crippen molar-refractivity contribution in [1.29, 1.82) is 0 Å². The Hall–Kier alpha value is -3.21. The van der Waals surface area contributed by atoms with E-state index in [4.69, 9.17) is 9.47 Å². The lowest BCUT2D eigenvalue weighted by atomic mass is 9.75. The number of amides is 2. The Morgan fingerprint density at radius 1 is 1.02 bits per heavy atom. The van der Waals surface area contributed by atoms with Gasteiger partial charge in [0.1, 0.15) is 16.7 Å². The van der Waals surface area contributed by atoms with Crippen LogP contribution in [-0.2, 0) is 36.2 Å². The number of sulfonamides is 1. The van der Waals surface area contributed by atoms with E-state index in [1.807, 2.05) is 42.5 Å². The Bertz CT molecular complexity index is 1490. The van der Waals surface area contributed by atoms with Gasteiger partial charge in [0, 0.05) is 38.8 Å². The zero-order chi connectivity index (χ0) is 32.2. The highest BCUT2D eigenvalue weighted by molar-refractivity contribution is 7.89. The number of fused-ring (bicyclic) bond motifs is 1. The van der Waals surface area contributed by atoms with Crippen LogP contribution in [0.3, 0.4) is 0 Å². The van der Waals surface area contributed by atoms with E-state index in [1.165, 1.54) is 11.4 Å². The minimum atomic E-state index is -3.88. The summed E-state index contributed by atoms with van der Waals surface area (Å²) in [5.41, 5.74) is 0.972. The predicted octanol–water partition coefficient (Wildman–Crippen LogP) is 4.36. The Balaban J connectivity index is 1.44. The van der Waals surface area contributed by atoms with E-state index in [9.17, 15) is 18.0 Å². The lowest BCUT2D eigenvalue weighted by Crippen LogP contribution is -2.58. The smallest absolute Gasteiger partial charge is 0.246 e. The van der Waals surface area contributed by atoms with Crippen molar-refractivity contribution < 1.29 is 27.5 Å². The topological polar surface area (TPSA) is 114 Å². The van der Waals surface area contributed by atoms with Gasteiger partial charge in [-0.15, -0.1) is 0 Å². The van der Waals surface area contributed by atoms with Crippen LogP contribution in [0, 0.1) is 11.3 Å². The van der Waals surface area contributed by atoms with Crippen LogP contribution in [-0.4, -0.2) is 70.0 Å². The molecule has 2 fully saturated rings. The number of rotatable bonds is 5. The number of carbonyl (C=O) groups excluding carboxylic acids is 2. The van der Waals surface area contributed by atoms with Gasteiger partial charge < -0.3 is 20.1 Å². The third-order valence-corrected chi connectivity index (χ3v) is 11.5. The molecule has 0 radical (unpaired) electrons. The number of nitrogens with zero attached hydrogens (tertiary/aromatic N) is 1. The molecule has 2 aromatic carbocycles. The van der Waals surface area contributed by atoms with Gasteiger partial charge in [0.05, 0.1) is 12.5 Å². The third-order valence-electron chi connectivity index (χ3n) is 9.62. The molecule has 244 valence electrons. The maximum atomic E-state index is 14.1. The fourth-order valence-electron chi connectivity index (χ4n) is 6.65. The van der Waals surface area contributed by atoms with E-state index in [0.29, 0.717) is 57.5 Å². The molecular weight excluding hydrogens is 590 g/mol. The largest absolute Gasteiger partial charge is 0.495 e. The molecule has 3 atom stereocenters. The number of hydrogen-bond acceptors (Lipinski definition) is 6. The molecule has 3 aliphatic rings. The minimum absolute atomic E-state index is 0.115. The summed E-state index contributed by atoms with van der Waals surface area (Å²) >= 11 is 0. The van der Waals surface area contributed by atoms with Crippen molar-refractivity contribution in [1.82, 2.24) is 14.9 Å².